The summed E-state index contributed by atoms with van der Waals surface area (Å²) in [5.74, 6) is 2.06. The second kappa shape index (κ2) is 8.92. The normalized spacial score (nSPS) is 17.0. The van der Waals surface area contributed by atoms with Crippen LogP contribution in [0.25, 0.3) is 0 Å². The summed E-state index contributed by atoms with van der Waals surface area (Å²) in [6.45, 7) is 6.25. The van der Waals surface area contributed by atoms with Gasteiger partial charge in [-0.3, -0.25) is 14.6 Å². The van der Waals surface area contributed by atoms with E-state index in [1.807, 2.05) is 19.1 Å². The average molecular weight is 351 g/mol. The fourth-order valence-corrected chi connectivity index (χ4v) is 3.21. The van der Waals surface area contributed by atoms with Crippen molar-refractivity contribution in [3.63, 3.8) is 0 Å². The van der Waals surface area contributed by atoms with Crippen LogP contribution in [0.2, 0.25) is 0 Å². The molecule has 1 heterocycles. The lowest BCUT2D eigenvalue weighted by molar-refractivity contribution is -0.126. The molecule has 25 heavy (non-hydrogen) atoms. The Kier molecular flexibility index (Phi) is 6.90. The SMILES string of the molecule is CNC(=O)[C@@H](C)N1CCN(Cc2ccc(OC)c(OC)c2OC)CC1. The molecule has 1 fully saturated rings. The van der Waals surface area contributed by atoms with E-state index in [1.165, 1.54) is 0 Å². The quantitative estimate of drug-likeness (QED) is 0.790. The monoisotopic (exact) mass is 351 g/mol. The molecule has 7 heteroatoms. The van der Waals surface area contributed by atoms with Crippen molar-refractivity contribution in [1.29, 1.82) is 0 Å². The summed E-state index contributed by atoms with van der Waals surface area (Å²) in [6, 6.07) is 3.82. The van der Waals surface area contributed by atoms with Gasteiger partial charge in [-0.1, -0.05) is 6.07 Å². The van der Waals surface area contributed by atoms with Crippen LogP contribution in [-0.4, -0.2) is 76.3 Å². The van der Waals surface area contributed by atoms with Gasteiger partial charge in [0, 0.05) is 45.3 Å². The van der Waals surface area contributed by atoms with Gasteiger partial charge in [-0.2, -0.15) is 0 Å². The van der Waals surface area contributed by atoms with Crippen molar-refractivity contribution in [2.45, 2.75) is 19.5 Å². The largest absolute Gasteiger partial charge is 0.493 e. The van der Waals surface area contributed by atoms with Crippen molar-refractivity contribution in [2.75, 3.05) is 54.6 Å². The molecule has 0 bridgehead atoms. The first-order valence-corrected chi connectivity index (χ1v) is 8.51. The lowest BCUT2D eigenvalue weighted by Crippen LogP contribution is -2.53. The van der Waals surface area contributed by atoms with Gasteiger partial charge in [0.2, 0.25) is 11.7 Å². The second-order valence-electron chi connectivity index (χ2n) is 6.10. The van der Waals surface area contributed by atoms with Crippen LogP contribution in [0.15, 0.2) is 12.1 Å². The molecule has 1 aliphatic rings. The molecule has 0 aliphatic carbocycles. The van der Waals surface area contributed by atoms with E-state index in [1.54, 1.807) is 28.4 Å². The Hall–Kier alpha value is -1.99. The number of rotatable bonds is 7. The summed E-state index contributed by atoms with van der Waals surface area (Å²) < 4.78 is 16.3. The Bertz CT molecular complexity index is 586. The van der Waals surface area contributed by atoms with Crippen LogP contribution in [0.3, 0.4) is 0 Å². The highest BCUT2D eigenvalue weighted by molar-refractivity contribution is 5.80. The molecule has 140 valence electrons. The molecule has 0 saturated carbocycles. The van der Waals surface area contributed by atoms with E-state index >= 15 is 0 Å². The van der Waals surface area contributed by atoms with Gasteiger partial charge in [0.1, 0.15) is 0 Å². The topological polar surface area (TPSA) is 63.3 Å². The van der Waals surface area contributed by atoms with Crippen LogP contribution in [0.5, 0.6) is 17.2 Å². The maximum absolute atomic E-state index is 11.8. The third-order valence-electron chi connectivity index (χ3n) is 4.76. The molecule has 0 unspecified atom stereocenters. The fourth-order valence-electron chi connectivity index (χ4n) is 3.21. The maximum Gasteiger partial charge on any atom is 0.236 e. The van der Waals surface area contributed by atoms with Gasteiger partial charge in [-0.15, -0.1) is 0 Å². The second-order valence-corrected chi connectivity index (χ2v) is 6.10. The maximum atomic E-state index is 11.8. The molecule has 0 aromatic heterocycles. The number of hydrogen-bond donors (Lipinski definition) is 1. The smallest absolute Gasteiger partial charge is 0.236 e. The summed E-state index contributed by atoms with van der Waals surface area (Å²) in [7, 11) is 6.55. The van der Waals surface area contributed by atoms with Crippen molar-refractivity contribution in [3.05, 3.63) is 17.7 Å². The average Bonchev–Trinajstić information content (AvgIpc) is 2.66. The summed E-state index contributed by atoms with van der Waals surface area (Å²) >= 11 is 0. The number of nitrogens with one attached hydrogen (secondary N) is 1. The van der Waals surface area contributed by atoms with Crippen LogP contribution in [0.4, 0.5) is 0 Å². The first-order valence-electron chi connectivity index (χ1n) is 8.51. The van der Waals surface area contributed by atoms with E-state index in [0.717, 1.165) is 38.3 Å². The van der Waals surface area contributed by atoms with Crippen molar-refractivity contribution in [2.24, 2.45) is 0 Å². The molecule has 1 atom stereocenters. The van der Waals surface area contributed by atoms with E-state index < -0.39 is 0 Å². The summed E-state index contributed by atoms with van der Waals surface area (Å²) in [6.07, 6.45) is 0. The minimum Gasteiger partial charge on any atom is -0.493 e. The number of nitrogens with zero attached hydrogens (tertiary/aromatic N) is 2. The summed E-state index contributed by atoms with van der Waals surface area (Å²) in [5.41, 5.74) is 1.06. The Labute approximate surface area is 149 Å². The van der Waals surface area contributed by atoms with E-state index in [-0.39, 0.29) is 11.9 Å². The molecule has 0 radical (unpaired) electrons. The number of benzene rings is 1. The lowest BCUT2D eigenvalue weighted by Gasteiger charge is -2.37. The van der Waals surface area contributed by atoms with E-state index in [2.05, 4.69) is 15.1 Å². The predicted octanol–water partition coefficient (Wildman–Crippen LogP) is 0.965. The number of ether oxygens (including phenoxy) is 3. The Morgan fingerprint density at radius 3 is 2.24 bits per heavy atom. The van der Waals surface area contributed by atoms with Gasteiger partial charge in [0.15, 0.2) is 11.5 Å². The number of carbonyl (C=O) groups is 1. The minimum atomic E-state index is -0.0947. The van der Waals surface area contributed by atoms with Crippen molar-refractivity contribution in [1.82, 2.24) is 15.1 Å². The molecule has 1 N–H and O–H groups in total. The molecule has 0 spiro atoms. The van der Waals surface area contributed by atoms with Crippen molar-refractivity contribution >= 4 is 5.91 Å². The lowest BCUT2D eigenvalue weighted by atomic mass is 10.1. The molecular formula is C18H29N3O4. The van der Waals surface area contributed by atoms with Crippen LogP contribution in [-0.2, 0) is 11.3 Å². The molecule has 1 aromatic rings. The summed E-state index contributed by atoms with van der Waals surface area (Å²) in [5, 5.41) is 2.72. The zero-order chi connectivity index (χ0) is 18.4. The third-order valence-corrected chi connectivity index (χ3v) is 4.76. The van der Waals surface area contributed by atoms with E-state index in [0.29, 0.717) is 17.2 Å². The van der Waals surface area contributed by atoms with Crippen LogP contribution in [0.1, 0.15) is 12.5 Å². The van der Waals surface area contributed by atoms with Crippen molar-refractivity contribution < 1.29 is 19.0 Å². The number of piperazine rings is 1. The van der Waals surface area contributed by atoms with Crippen LogP contribution >= 0.6 is 0 Å². The Morgan fingerprint density at radius 1 is 1.08 bits per heavy atom. The van der Waals surface area contributed by atoms with Gasteiger partial charge < -0.3 is 19.5 Å². The number of likely N-dealkylation sites (N-methyl/N-ethyl adjacent to an activating group) is 1. The fraction of sp³-hybridized carbons (Fsp3) is 0.611. The third kappa shape index (κ3) is 4.35. The first kappa shape index (κ1) is 19.3. The van der Waals surface area contributed by atoms with Gasteiger partial charge in [0.25, 0.3) is 0 Å². The van der Waals surface area contributed by atoms with E-state index in [9.17, 15) is 4.79 Å². The minimum absolute atomic E-state index is 0.0648. The van der Waals surface area contributed by atoms with Crippen molar-refractivity contribution in [3.8, 4) is 17.2 Å². The number of methoxy groups -OCH3 is 3. The molecule has 1 saturated heterocycles. The van der Waals surface area contributed by atoms with E-state index in [4.69, 9.17) is 14.2 Å². The number of amides is 1. The van der Waals surface area contributed by atoms with Gasteiger partial charge in [-0.05, 0) is 13.0 Å². The van der Waals surface area contributed by atoms with Gasteiger partial charge >= 0.3 is 0 Å². The zero-order valence-corrected chi connectivity index (χ0v) is 15.8. The van der Waals surface area contributed by atoms with Gasteiger partial charge in [-0.25, -0.2) is 0 Å². The number of carbonyl (C=O) groups excluding carboxylic acids is 1. The zero-order valence-electron chi connectivity index (χ0n) is 15.8. The highest BCUT2D eigenvalue weighted by Gasteiger charge is 2.26. The Morgan fingerprint density at radius 2 is 1.72 bits per heavy atom. The van der Waals surface area contributed by atoms with Crippen LogP contribution < -0.4 is 19.5 Å². The molecule has 1 aliphatic heterocycles. The Balaban J connectivity index is 2.03. The molecule has 1 aromatic carbocycles. The highest BCUT2D eigenvalue weighted by Crippen LogP contribution is 2.40. The molecule has 7 nitrogen and oxygen atoms in total. The molecule has 2 rings (SSSR count). The summed E-state index contributed by atoms with van der Waals surface area (Å²) in [4.78, 5) is 16.4. The first-order chi connectivity index (χ1) is 12.0. The molecular weight excluding hydrogens is 322 g/mol. The molecule has 1 amide bonds. The highest BCUT2D eigenvalue weighted by atomic mass is 16.5. The standard InChI is InChI=1S/C18H29N3O4/c1-13(18(22)19-2)21-10-8-20(9-11-21)12-14-6-7-15(23-3)17(25-5)16(14)24-4/h6-7,13H,8-12H2,1-5H3,(H,19,22)/t13-/m1/s1. The van der Waals surface area contributed by atoms with Gasteiger partial charge in [0.05, 0.1) is 27.4 Å². The number of hydrogen-bond acceptors (Lipinski definition) is 6. The predicted molar refractivity (Wildman–Crippen MR) is 96.5 cm³/mol. The van der Waals surface area contributed by atoms with Crippen LogP contribution in [0, 0.1) is 0 Å².